The van der Waals surface area contributed by atoms with Crippen LogP contribution in [0.1, 0.15) is 26.3 Å². The first kappa shape index (κ1) is 20.6. The van der Waals surface area contributed by atoms with Crippen LogP contribution >= 0.6 is 15.9 Å². The number of carbonyl (C=O) groups excluding carboxylic acids is 2. The van der Waals surface area contributed by atoms with Crippen LogP contribution in [-0.2, 0) is 6.42 Å². The molecule has 3 aromatic carbocycles. The zero-order valence-electron chi connectivity index (χ0n) is 15.8. The number of aldehydes is 1. The van der Waals surface area contributed by atoms with Crippen molar-refractivity contribution in [2.75, 3.05) is 13.7 Å². The van der Waals surface area contributed by atoms with E-state index >= 15 is 0 Å². The third-order valence-electron chi connectivity index (χ3n) is 4.21. The van der Waals surface area contributed by atoms with Gasteiger partial charge in [0.2, 0.25) is 0 Å². The van der Waals surface area contributed by atoms with Crippen molar-refractivity contribution in [3.05, 3.63) is 87.9 Å². The molecular formula is C23H19BrO5. The van der Waals surface area contributed by atoms with E-state index in [1.165, 1.54) is 12.7 Å². The molecule has 0 saturated carbocycles. The van der Waals surface area contributed by atoms with Crippen LogP contribution in [0.4, 0.5) is 0 Å². The fourth-order valence-corrected chi connectivity index (χ4v) is 3.21. The molecule has 0 aromatic heterocycles. The summed E-state index contributed by atoms with van der Waals surface area (Å²) in [7, 11) is 1.44. The molecule has 0 N–H and O–H groups in total. The average Bonchev–Trinajstić information content (AvgIpc) is 2.75. The molecule has 0 spiro atoms. The summed E-state index contributed by atoms with van der Waals surface area (Å²) in [5, 5.41) is 0. The lowest BCUT2D eigenvalue weighted by atomic mass is 10.2. The summed E-state index contributed by atoms with van der Waals surface area (Å²) >= 11 is 3.43. The molecule has 6 heteroatoms. The van der Waals surface area contributed by atoms with Gasteiger partial charge in [-0.15, -0.1) is 0 Å². The number of rotatable bonds is 8. The van der Waals surface area contributed by atoms with Crippen molar-refractivity contribution >= 4 is 28.2 Å². The third kappa shape index (κ3) is 5.23. The van der Waals surface area contributed by atoms with Gasteiger partial charge in [-0.05, 0) is 51.8 Å². The Hall–Kier alpha value is -3.12. The molecule has 0 atom stereocenters. The second-order valence-corrected chi connectivity index (χ2v) is 6.97. The van der Waals surface area contributed by atoms with E-state index in [4.69, 9.17) is 14.2 Å². The molecule has 0 heterocycles. The lowest BCUT2D eigenvalue weighted by Crippen LogP contribution is -2.11. The van der Waals surface area contributed by atoms with Gasteiger partial charge in [-0.1, -0.05) is 36.4 Å². The van der Waals surface area contributed by atoms with Crippen LogP contribution in [0.5, 0.6) is 17.2 Å². The minimum atomic E-state index is -0.603. The number of methoxy groups -OCH3 is 1. The van der Waals surface area contributed by atoms with Crippen LogP contribution in [0.3, 0.4) is 0 Å². The maximum absolute atomic E-state index is 12.6. The Kier molecular flexibility index (Phi) is 7.03. The van der Waals surface area contributed by atoms with Gasteiger partial charge < -0.3 is 14.2 Å². The normalized spacial score (nSPS) is 10.3. The molecule has 0 aliphatic rings. The van der Waals surface area contributed by atoms with Crippen LogP contribution < -0.4 is 14.2 Å². The molecule has 0 aliphatic carbocycles. The number of hydrogen-bond donors (Lipinski definition) is 0. The molecule has 0 bridgehead atoms. The fourth-order valence-electron chi connectivity index (χ4n) is 2.72. The van der Waals surface area contributed by atoms with Crippen LogP contribution in [0, 0.1) is 0 Å². The van der Waals surface area contributed by atoms with Gasteiger partial charge in [0.25, 0.3) is 0 Å². The fraction of sp³-hybridized carbons (Fsp3) is 0.130. The van der Waals surface area contributed by atoms with E-state index in [0.29, 0.717) is 34.4 Å². The standard InChI is InChI=1S/C23H19BrO5/c1-27-21-9-5-8-18(15-25)22(21)29-23(26)17-10-11-20(19(24)14-17)28-13-12-16-6-3-2-4-7-16/h2-11,14-15H,12-13H2,1H3. The highest BCUT2D eigenvalue weighted by atomic mass is 79.9. The predicted octanol–water partition coefficient (Wildman–Crippen LogP) is 5.11. The van der Waals surface area contributed by atoms with E-state index in [1.807, 2.05) is 30.3 Å². The Morgan fingerprint density at radius 3 is 2.48 bits per heavy atom. The van der Waals surface area contributed by atoms with Crippen molar-refractivity contribution < 1.29 is 23.8 Å². The minimum Gasteiger partial charge on any atom is -0.493 e. The van der Waals surface area contributed by atoms with Crippen molar-refractivity contribution in [3.8, 4) is 17.2 Å². The Balaban J connectivity index is 1.68. The molecule has 5 nitrogen and oxygen atoms in total. The summed E-state index contributed by atoms with van der Waals surface area (Å²) in [5.41, 5.74) is 1.74. The SMILES string of the molecule is COc1cccc(C=O)c1OC(=O)c1ccc(OCCc2ccccc2)c(Br)c1. The molecule has 0 unspecified atom stereocenters. The lowest BCUT2D eigenvalue weighted by molar-refractivity contribution is 0.0728. The van der Waals surface area contributed by atoms with E-state index < -0.39 is 5.97 Å². The van der Waals surface area contributed by atoms with Gasteiger partial charge in [-0.25, -0.2) is 4.79 Å². The van der Waals surface area contributed by atoms with Crippen LogP contribution in [0.15, 0.2) is 71.2 Å². The van der Waals surface area contributed by atoms with E-state index in [-0.39, 0.29) is 11.3 Å². The first-order valence-corrected chi connectivity index (χ1v) is 9.72. The third-order valence-corrected chi connectivity index (χ3v) is 4.83. The second-order valence-electron chi connectivity index (χ2n) is 6.12. The van der Waals surface area contributed by atoms with Crippen LogP contribution in [-0.4, -0.2) is 26.0 Å². The first-order valence-electron chi connectivity index (χ1n) is 8.93. The van der Waals surface area contributed by atoms with E-state index in [0.717, 1.165) is 6.42 Å². The van der Waals surface area contributed by atoms with Gasteiger partial charge in [-0.3, -0.25) is 4.79 Å². The van der Waals surface area contributed by atoms with Gasteiger partial charge in [0.05, 0.1) is 29.3 Å². The number of benzene rings is 3. The summed E-state index contributed by atoms with van der Waals surface area (Å²) in [5.74, 6) is 0.426. The van der Waals surface area contributed by atoms with Crippen molar-refractivity contribution in [2.45, 2.75) is 6.42 Å². The van der Waals surface area contributed by atoms with Crippen LogP contribution in [0.25, 0.3) is 0 Å². The highest BCUT2D eigenvalue weighted by Gasteiger charge is 2.17. The molecule has 0 radical (unpaired) electrons. The molecular weight excluding hydrogens is 436 g/mol. The molecule has 29 heavy (non-hydrogen) atoms. The van der Waals surface area contributed by atoms with Crippen molar-refractivity contribution in [1.29, 1.82) is 0 Å². The molecule has 148 valence electrons. The zero-order valence-corrected chi connectivity index (χ0v) is 17.3. The maximum Gasteiger partial charge on any atom is 0.343 e. The number of halogens is 1. The summed E-state index contributed by atoms with van der Waals surface area (Å²) in [6.07, 6.45) is 1.39. The van der Waals surface area contributed by atoms with Crippen molar-refractivity contribution in [1.82, 2.24) is 0 Å². The Morgan fingerprint density at radius 1 is 1.00 bits per heavy atom. The van der Waals surface area contributed by atoms with Gasteiger partial charge >= 0.3 is 5.97 Å². The van der Waals surface area contributed by atoms with Gasteiger partial charge in [0.1, 0.15) is 5.75 Å². The molecule has 3 aromatic rings. The summed E-state index contributed by atoms with van der Waals surface area (Å²) in [4.78, 5) is 23.8. The van der Waals surface area contributed by atoms with E-state index in [9.17, 15) is 9.59 Å². The molecule has 0 aliphatic heterocycles. The van der Waals surface area contributed by atoms with Crippen molar-refractivity contribution in [2.24, 2.45) is 0 Å². The Bertz CT molecular complexity index is 1000. The highest BCUT2D eigenvalue weighted by Crippen LogP contribution is 2.32. The van der Waals surface area contributed by atoms with Gasteiger partial charge in [0.15, 0.2) is 17.8 Å². The number of hydrogen-bond acceptors (Lipinski definition) is 5. The topological polar surface area (TPSA) is 61.8 Å². The molecule has 0 fully saturated rings. The van der Waals surface area contributed by atoms with Gasteiger partial charge in [-0.2, -0.15) is 0 Å². The summed E-state index contributed by atoms with van der Waals surface area (Å²) in [6, 6.07) is 19.8. The van der Waals surface area contributed by atoms with Crippen molar-refractivity contribution in [3.63, 3.8) is 0 Å². The quantitative estimate of drug-likeness (QED) is 0.268. The zero-order chi connectivity index (χ0) is 20.6. The summed E-state index contributed by atoms with van der Waals surface area (Å²) < 4.78 is 17.0. The number of esters is 1. The largest absolute Gasteiger partial charge is 0.493 e. The number of ether oxygens (including phenoxy) is 3. The number of carbonyl (C=O) groups is 2. The van der Waals surface area contributed by atoms with E-state index in [2.05, 4.69) is 15.9 Å². The van der Waals surface area contributed by atoms with E-state index in [1.54, 1.807) is 36.4 Å². The summed E-state index contributed by atoms with van der Waals surface area (Å²) in [6.45, 7) is 0.510. The minimum absolute atomic E-state index is 0.0920. The van der Waals surface area contributed by atoms with Crippen LogP contribution in [0.2, 0.25) is 0 Å². The monoisotopic (exact) mass is 454 g/mol. The smallest absolute Gasteiger partial charge is 0.343 e. The molecule has 3 rings (SSSR count). The highest BCUT2D eigenvalue weighted by molar-refractivity contribution is 9.10. The Labute approximate surface area is 177 Å². The molecule has 0 saturated heterocycles. The average molecular weight is 455 g/mol. The maximum atomic E-state index is 12.6. The number of para-hydroxylation sites is 1. The Morgan fingerprint density at radius 2 is 1.79 bits per heavy atom. The first-order chi connectivity index (χ1) is 14.1. The molecule has 0 amide bonds. The second kappa shape index (κ2) is 9.89. The predicted molar refractivity (Wildman–Crippen MR) is 113 cm³/mol. The lowest BCUT2D eigenvalue weighted by Gasteiger charge is -2.12. The van der Waals surface area contributed by atoms with Gasteiger partial charge in [0, 0.05) is 6.42 Å².